The quantitative estimate of drug-likeness (QED) is 0.852. The van der Waals surface area contributed by atoms with E-state index in [2.05, 4.69) is 0 Å². The Bertz CT molecular complexity index is 602. The van der Waals surface area contributed by atoms with Crippen molar-refractivity contribution in [3.63, 3.8) is 0 Å². The maximum atomic E-state index is 13.5. The van der Waals surface area contributed by atoms with Crippen molar-refractivity contribution in [2.24, 2.45) is 0 Å². The van der Waals surface area contributed by atoms with E-state index in [0.29, 0.717) is 23.6 Å². The van der Waals surface area contributed by atoms with Crippen molar-refractivity contribution in [2.75, 3.05) is 12.3 Å². The van der Waals surface area contributed by atoms with Crippen LogP contribution in [0.3, 0.4) is 0 Å². The van der Waals surface area contributed by atoms with Crippen LogP contribution in [0.4, 0.5) is 14.5 Å². The van der Waals surface area contributed by atoms with Gasteiger partial charge in [0.05, 0.1) is 6.61 Å². The summed E-state index contributed by atoms with van der Waals surface area (Å²) in [5.74, 6) is -0.777. The molecule has 2 aromatic carbocycles. The van der Waals surface area contributed by atoms with E-state index in [1.165, 1.54) is 6.07 Å². The molecule has 0 heterocycles. The number of halogens is 2. The second kappa shape index (κ2) is 6.23. The Morgan fingerprint density at radius 2 is 1.75 bits per heavy atom. The summed E-state index contributed by atoms with van der Waals surface area (Å²) in [5.41, 5.74) is 6.97. The first-order chi connectivity index (χ1) is 9.60. The van der Waals surface area contributed by atoms with Crippen LogP contribution in [0.15, 0.2) is 36.4 Å². The van der Waals surface area contributed by atoms with Crippen molar-refractivity contribution in [1.82, 2.24) is 0 Å². The van der Waals surface area contributed by atoms with Gasteiger partial charge in [0.15, 0.2) is 11.6 Å². The number of rotatable bonds is 5. The maximum Gasteiger partial charge on any atom is 0.167 e. The molecule has 0 saturated carbocycles. The predicted molar refractivity (Wildman–Crippen MR) is 72.7 cm³/mol. The SMILES string of the molecule is CCOc1ccc(N)cc1COc1ccc(F)cc1F. The van der Waals surface area contributed by atoms with Crippen molar-refractivity contribution in [2.45, 2.75) is 13.5 Å². The van der Waals surface area contributed by atoms with Gasteiger partial charge in [-0.3, -0.25) is 0 Å². The second-order valence-electron chi connectivity index (χ2n) is 4.16. The second-order valence-corrected chi connectivity index (χ2v) is 4.16. The van der Waals surface area contributed by atoms with Crippen LogP contribution in [-0.2, 0) is 6.61 Å². The molecule has 20 heavy (non-hydrogen) atoms. The van der Waals surface area contributed by atoms with Gasteiger partial charge in [0.25, 0.3) is 0 Å². The van der Waals surface area contributed by atoms with E-state index < -0.39 is 11.6 Å². The fourth-order valence-electron chi connectivity index (χ4n) is 1.76. The Labute approximate surface area is 115 Å². The normalized spacial score (nSPS) is 10.3. The van der Waals surface area contributed by atoms with Gasteiger partial charge >= 0.3 is 0 Å². The molecule has 0 spiro atoms. The number of hydrogen-bond donors (Lipinski definition) is 1. The minimum absolute atomic E-state index is 0.0173. The predicted octanol–water partition coefficient (Wildman–Crippen LogP) is 3.52. The first-order valence-corrected chi connectivity index (χ1v) is 6.19. The molecule has 2 aromatic rings. The summed E-state index contributed by atoms with van der Waals surface area (Å²) in [5, 5.41) is 0. The first kappa shape index (κ1) is 14.1. The molecule has 0 aliphatic rings. The Kier molecular flexibility index (Phi) is 4.40. The van der Waals surface area contributed by atoms with Crippen molar-refractivity contribution >= 4 is 5.69 Å². The number of anilines is 1. The molecule has 0 fully saturated rings. The zero-order valence-corrected chi connectivity index (χ0v) is 11.0. The van der Waals surface area contributed by atoms with E-state index in [-0.39, 0.29) is 12.4 Å². The summed E-state index contributed by atoms with van der Waals surface area (Å²) in [6.45, 7) is 2.45. The molecule has 0 amide bonds. The number of ether oxygens (including phenoxy) is 2. The Balaban J connectivity index is 2.15. The molecule has 3 nitrogen and oxygen atoms in total. The van der Waals surface area contributed by atoms with E-state index in [0.717, 1.165) is 12.1 Å². The summed E-state index contributed by atoms with van der Waals surface area (Å²) >= 11 is 0. The van der Waals surface area contributed by atoms with E-state index in [9.17, 15) is 8.78 Å². The highest BCUT2D eigenvalue weighted by Gasteiger charge is 2.08. The monoisotopic (exact) mass is 279 g/mol. The lowest BCUT2D eigenvalue weighted by molar-refractivity contribution is 0.275. The molecule has 0 aliphatic heterocycles. The van der Waals surface area contributed by atoms with E-state index in [1.54, 1.807) is 18.2 Å². The van der Waals surface area contributed by atoms with Gasteiger partial charge in [0.2, 0.25) is 0 Å². The van der Waals surface area contributed by atoms with Gasteiger partial charge in [-0.1, -0.05) is 0 Å². The van der Waals surface area contributed by atoms with Gasteiger partial charge in [0.1, 0.15) is 18.2 Å². The van der Waals surface area contributed by atoms with Crippen molar-refractivity contribution in [3.05, 3.63) is 53.6 Å². The van der Waals surface area contributed by atoms with Gasteiger partial charge in [-0.25, -0.2) is 8.78 Å². The Morgan fingerprint density at radius 1 is 1.00 bits per heavy atom. The molecule has 0 aromatic heterocycles. The summed E-state index contributed by atoms with van der Waals surface area (Å²) in [6, 6.07) is 8.31. The van der Waals surface area contributed by atoms with Crippen molar-refractivity contribution < 1.29 is 18.3 Å². The molecule has 0 atom stereocenters. The van der Waals surface area contributed by atoms with Crippen molar-refractivity contribution in [3.8, 4) is 11.5 Å². The average molecular weight is 279 g/mol. The molecular formula is C15H15F2NO2. The van der Waals surface area contributed by atoms with Crippen LogP contribution in [0.25, 0.3) is 0 Å². The summed E-state index contributed by atoms with van der Waals surface area (Å²) in [6.07, 6.45) is 0. The Morgan fingerprint density at radius 3 is 2.45 bits per heavy atom. The average Bonchev–Trinajstić information content (AvgIpc) is 2.41. The molecule has 0 bridgehead atoms. The summed E-state index contributed by atoms with van der Waals surface area (Å²) < 4.78 is 37.0. The summed E-state index contributed by atoms with van der Waals surface area (Å²) in [4.78, 5) is 0. The molecule has 0 radical (unpaired) electrons. The lowest BCUT2D eigenvalue weighted by Gasteiger charge is -2.12. The van der Waals surface area contributed by atoms with Gasteiger partial charge in [0, 0.05) is 17.3 Å². The van der Waals surface area contributed by atoms with Crippen LogP contribution in [0.1, 0.15) is 12.5 Å². The highest BCUT2D eigenvalue weighted by molar-refractivity contribution is 5.47. The number of hydrogen-bond acceptors (Lipinski definition) is 3. The zero-order chi connectivity index (χ0) is 14.5. The molecule has 2 N–H and O–H groups in total. The van der Waals surface area contributed by atoms with Crippen LogP contribution in [0.5, 0.6) is 11.5 Å². The third kappa shape index (κ3) is 3.38. The molecule has 0 saturated heterocycles. The van der Waals surface area contributed by atoms with Crippen LogP contribution < -0.4 is 15.2 Å². The Hall–Kier alpha value is -2.30. The molecular weight excluding hydrogens is 264 g/mol. The summed E-state index contributed by atoms with van der Waals surface area (Å²) in [7, 11) is 0. The maximum absolute atomic E-state index is 13.5. The van der Waals surface area contributed by atoms with Crippen molar-refractivity contribution in [1.29, 1.82) is 0 Å². The highest BCUT2D eigenvalue weighted by Crippen LogP contribution is 2.25. The number of nitrogens with two attached hydrogens (primary N) is 1. The topological polar surface area (TPSA) is 44.5 Å². The smallest absolute Gasteiger partial charge is 0.167 e. The largest absolute Gasteiger partial charge is 0.493 e. The van der Waals surface area contributed by atoms with Gasteiger partial charge in [-0.15, -0.1) is 0 Å². The highest BCUT2D eigenvalue weighted by atomic mass is 19.1. The van der Waals surface area contributed by atoms with Crippen LogP contribution in [0.2, 0.25) is 0 Å². The molecule has 106 valence electrons. The molecule has 2 rings (SSSR count). The van der Waals surface area contributed by atoms with Crippen LogP contribution in [-0.4, -0.2) is 6.61 Å². The first-order valence-electron chi connectivity index (χ1n) is 6.19. The third-order valence-corrected chi connectivity index (χ3v) is 2.66. The van der Waals surface area contributed by atoms with Gasteiger partial charge < -0.3 is 15.2 Å². The van der Waals surface area contributed by atoms with E-state index in [4.69, 9.17) is 15.2 Å². The zero-order valence-electron chi connectivity index (χ0n) is 11.0. The lowest BCUT2D eigenvalue weighted by Crippen LogP contribution is -2.03. The van der Waals surface area contributed by atoms with Crippen LogP contribution >= 0.6 is 0 Å². The van der Waals surface area contributed by atoms with Gasteiger partial charge in [-0.2, -0.15) is 0 Å². The van der Waals surface area contributed by atoms with Gasteiger partial charge in [-0.05, 0) is 37.3 Å². The van der Waals surface area contributed by atoms with E-state index >= 15 is 0 Å². The molecule has 0 unspecified atom stereocenters. The van der Waals surface area contributed by atoms with Crippen LogP contribution in [0, 0.1) is 11.6 Å². The fraction of sp³-hybridized carbons (Fsp3) is 0.200. The number of nitrogen functional groups attached to an aromatic ring is 1. The van der Waals surface area contributed by atoms with E-state index in [1.807, 2.05) is 6.92 Å². The standard InChI is InChI=1S/C15H15F2NO2/c1-2-19-14-6-4-12(18)7-10(14)9-20-15-5-3-11(16)8-13(15)17/h3-8H,2,9,18H2,1H3. The number of benzene rings is 2. The molecule has 5 heteroatoms. The molecule has 0 aliphatic carbocycles. The fourth-order valence-corrected chi connectivity index (χ4v) is 1.76. The lowest BCUT2D eigenvalue weighted by atomic mass is 10.2. The minimum Gasteiger partial charge on any atom is -0.493 e. The minimum atomic E-state index is -0.744. The third-order valence-electron chi connectivity index (χ3n) is 2.66.